The van der Waals surface area contributed by atoms with Gasteiger partial charge in [0, 0.05) is 38.3 Å². The highest BCUT2D eigenvalue weighted by Crippen LogP contribution is 2.24. The van der Waals surface area contributed by atoms with E-state index in [-0.39, 0.29) is 61.3 Å². The quantitative estimate of drug-likeness (QED) is 0.277. The molecule has 33 heavy (non-hydrogen) atoms. The van der Waals surface area contributed by atoms with Crippen molar-refractivity contribution in [3.63, 3.8) is 0 Å². The maximum absolute atomic E-state index is 13.3. The van der Waals surface area contributed by atoms with E-state index in [1.807, 2.05) is 9.80 Å². The van der Waals surface area contributed by atoms with Gasteiger partial charge in [-0.1, -0.05) is 12.8 Å². The second kappa shape index (κ2) is 14.9. The predicted molar refractivity (Wildman–Crippen MR) is 132 cm³/mol. The highest BCUT2D eigenvalue weighted by atomic mass is 35.5. The van der Waals surface area contributed by atoms with Crippen molar-refractivity contribution in [2.24, 2.45) is 5.73 Å². The number of carboxylic acid groups (broad SMARTS) is 1. The molecule has 9 nitrogen and oxygen atoms in total. The Bertz CT molecular complexity index is 628. The Balaban J connectivity index is 0.00000272. The smallest absolute Gasteiger partial charge is 0.305 e. The van der Waals surface area contributed by atoms with Crippen LogP contribution in [0.15, 0.2) is 0 Å². The van der Waals surface area contributed by atoms with Crippen LogP contribution in [0.1, 0.15) is 70.6 Å². The summed E-state index contributed by atoms with van der Waals surface area (Å²) < 4.78 is 6.09. The third-order valence-corrected chi connectivity index (χ3v) is 6.97. The fourth-order valence-electron chi connectivity index (χ4n) is 5.19. The minimum absolute atomic E-state index is 0. The van der Waals surface area contributed by atoms with Crippen LogP contribution in [0.3, 0.4) is 0 Å². The maximum Gasteiger partial charge on any atom is 0.305 e. The van der Waals surface area contributed by atoms with Crippen LogP contribution < -0.4 is 11.1 Å². The average molecular weight is 511 g/mol. The number of nitrogens with zero attached hydrogens (tertiary/aromatic N) is 2. The van der Waals surface area contributed by atoms with E-state index < -0.39 is 12.0 Å². The molecule has 0 aromatic rings. The van der Waals surface area contributed by atoms with Gasteiger partial charge in [-0.05, 0) is 51.4 Å². The van der Waals surface area contributed by atoms with E-state index in [2.05, 4.69) is 5.32 Å². The number of carbonyl (C=O) groups excluding carboxylic acids is 1. The number of hydrogen-bond donors (Lipinski definition) is 4. The molecule has 0 radical (unpaired) electrons. The Morgan fingerprint density at radius 3 is 2.27 bits per heavy atom. The van der Waals surface area contributed by atoms with E-state index in [1.54, 1.807) is 0 Å². The van der Waals surface area contributed by atoms with E-state index in [4.69, 9.17) is 15.9 Å². The van der Waals surface area contributed by atoms with Crippen LogP contribution in [0.2, 0.25) is 0 Å². The molecule has 1 aliphatic carbocycles. The van der Waals surface area contributed by atoms with Gasteiger partial charge in [-0.3, -0.25) is 15.0 Å². The first-order chi connectivity index (χ1) is 14.9. The molecule has 3 rings (SSSR count). The first kappa shape index (κ1) is 29.7. The van der Waals surface area contributed by atoms with Gasteiger partial charge in [0.25, 0.3) is 0 Å². The number of aliphatic carboxylic acids is 1. The molecular formula is C22H41Cl2N5O4. The van der Waals surface area contributed by atoms with Gasteiger partial charge in [0.2, 0.25) is 5.91 Å². The van der Waals surface area contributed by atoms with Gasteiger partial charge >= 0.3 is 5.97 Å². The van der Waals surface area contributed by atoms with E-state index in [1.165, 1.54) is 0 Å². The average Bonchev–Trinajstić information content (AvgIpc) is 3.26. The Morgan fingerprint density at radius 1 is 1.03 bits per heavy atom. The van der Waals surface area contributed by atoms with Gasteiger partial charge in [0.1, 0.15) is 0 Å². The van der Waals surface area contributed by atoms with Crippen molar-refractivity contribution in [3.8, 4) is 0 Å². The number of nitrogens with one attached hydrogen (secondary N) is 2. The molecule has 1 amide bonds. The number of rotatable bonds is 9. The molecule has 2 atom stereocenters. The molecule has 0 aromatic heterocycles. The minimum atomic E-state index is -0.933. The lowest BCUT2D eigenvalue weighted by molar-refractivity contribution is -0.145. The first-order valence-corrected chi connectivity index (χ1v) is 11.9. The van der Waals surface area contributed by atoms with Crippen LogP contribution in [-0.4, -0.2) is 83.2 Å². The van der Waals surface area contributed by atoms with E-state index in [0.29, 0.717) is 13.2 Å². The highest BCUT2D eigenvalue weighted by Gasteiger charge is 2.34. The second-order valence-corrected chi connectivity index (χ2v) is 9.21. The van der Waals surface area contributed by atoms with E-state index in [9.17, 15) is 14.7 Å². The minimum Gasteiger partial charge on any atom is -0.481 e. The lowest BCUT2D eigenvalue weighted by Crippen LogP contribution is -2.54. The molecule has 0 spiro atoms. The van der Waals surface area contributed by atoms with Crippen LogP contribution in [0.5, 0.6) is 0 Å². The Labute approximate surface area is 209 Å². The fourth-order valence-corrected chi connectivity index (χ4v) is 5.19. The van der Waals surface area contributed by atoms with Gasteiger partial charge < -0.3 is 30.7 Å². The molecule has 3 aliphatic rings. The monoisotopic (exact) mass is 509 g/mol. The number of carbonyl (C=O) groups is 2. The molecule has 1 saturated carbocycles. The number of piperidine rings is 2. The zero-order valence-corrected chi connectivity index (χ0v) is 21.0. The fraction of sp³-hybridized carbons (Fsp3) is 0.864. The molecule has 11 heteroatoms. The van der Waals surface area contributed by atoms with Crippen LogP contribution in [0.25, 0.3) is 0 Å². The number of halogens is 2. The number of hydrogen-bond acceptors (Lipinski definition) is 5. The molecule has 2 heterocycles. The summed E-state index contributed by atoms with van der Waals surface area (Å²) in [6, 6.07) is -0.279. The lowest BCUT2D eigenvalue weighted by atomic mass is 9.97. The van der Waals surface area contributed by atoms with Gasteiger partial charge in [0.15, 0.2) is 5.96 Å². The summed E-state index contributed by atoms with van der Waals surface area (Å²) in [4.78, 5) is 28.5. The SMILES string of the molecule is Cl.Cl.N=C(N)N1CCC(OCCC2CCCCN2C(=O)[C@H](CC(=O)O)NC2CCCC2)CC1. The van der Waals surface area contributed by atoms with Gasteiger partial charge in [0.05, 0.1) is 18.6 Å². The molecular weight excluding hydrogens is 469 g/mol. The van der Waals surface area contributed by atoms with Crippen molar-refractivity contribution in [3.05, 3.63) is 0 Å². The van der Waals surface area contributed by atoms with Gasteiger partial charge in [-0.2, -0.15) is 0 Å². The molecule has 0 bridgehead atoms. The number of carboxylic acids is 1. The molecule has 5 N–H and O–H groups in total. The highest BCUT2D eigenvalue weighted by molar-refractivity contribution is 5.86. The van der Waals surface area contributed by atoms with Crippen molar-refractivity contribution in [2.45, 2.75) is 94.9 Å². The summed E-state index contributed by atoms with van der Waals surface area (Å²) in [5.41, 5.74) is 5.55. The summed E-state index contributed by atoms with van der Waals surface area (Å²) in [6.07, 6.45) is 9.83. The molecule has 2 aliphatic heterocycles. The maximum atomic E-state index is 13.3. The topological polar surface area (TPSA) is 132 Å². The van der Waals surface area contributed by atoms with Crippen LogP contribution >= 0.6 is 24.8 Å². The third kappa shape index (κ3) is 9.11. The molecule has 3 fully saturated rings. The Hall–Kier alpha value is -1.29. The summed E-state index contributed by atoms with van der Waals surface area (Å²) in [6.45, 7) is 2.79. The zero-order valence-electron chi connectivity index (χ0n) is 19.4. The first-order valence-electron chi connectivity index (χ1n) is 11.9. The second-order valence-electron chi connectivity index (χ2n) is 9.21. The number of guanidine groups is 1. The molecule has 0 aromatic carbocycles. The van der Waals surface area contributed by atoms with Crippen LogP contribution in [0, 0.1) is 5.41 Å². The third-order valence-electron chi connectivity index (χ3n) is 6.97. The summed E-state index contributed by atoms with van der Waals surface area (Å²) in [7, 11) is 0. The van der Waals surface area contributed by atoms with Crippen LogP contribution in [-0.2, 0) is 14.3 Å². The van der Waals surface area contributed by atoms with Crippen molar-refractivity contribution < 1.29 is 19.4 Å². The van der Waals surface area contributed by atoms with Crippen molar-refractivity contribution in [1.82, 2.24) is 15.1 Å². The van der Waals surface area contributed by atoms with Gasteiger partial charge in [-0.15, -0.1) is 24.8 Å². The number of likely N-dealkylation sites (tertiary alicyclic amines) is 2. The summed E-state index contributed by atoms with van der Waals surface area (Å²) in [5.74, 6) is -0.872. The normalized spacial score (nSPS) is 22.8. The standard InChI is InChI=1S/C22H39N5O4.2ClH/c23-22(24)26-12-8-18(9-13-26)31-14-10-17-7-3-4-11-27(17)21(30)19(15-20(28)29)25-16-5-1-2-6-16;;/h16-19,25H,1-15H2,(H3,23,24)(H,28,29);2*1H/t17?,19-;;/m0../s1. The van der Waals surface area contributed by atoms with Crippen LogP contribution in [0.4, 0.5) is 0 Å². The Kier molecular flexibility index (Phi) is 13.4. The largest absolute Gasteiger partial charge is 0.481 e. The summed E-state index contributed by atoms with van der Waals surface area (Å²) >= 11 is 0. The Morgan fingerprint density at radius 2 is 1.67 bits per heavy atom. The lowest BCUT2D eigenvalue weighted by Gasteiger charge is -2.39. The number of nitrogens with two attached hydrogens (primary N) is 1. The van der Waals surface area contributed by atoms with Gasteiger partial charge in [-0.25, -0.2) is 0 Å². The zero-order chi connectivity index (χ0) is 22.2. The van der Waals surface area contributed by atoms with E-state index >= 15 is 0 Å². The van der Waals surface area contributed by atoms with Crippen molar-refractivity contribution >= 4 is 42.7 Å². The number of ether oxygens (including phenoxy) is 1. The molecule has 2 saturated heterocycles. The van der Waals surface area contributed by atoms with E-state index in [0.717, 1.165) is 77.3 Å². The predicted octanol–water partition coefficient (Wildman–Crippen LogP) is 2.35. The molecule has 1 unspecified atom stereocenters. The number of amides is 1. The molecule has 192 valence electrons. The van der Waals surface area contributed by atoms with Crippen molar-refractivity contribution in [2.75, 3.05) is 26.2 Å². The van der Waals surface area contributed by atoms with Crippen molar-refractivity contribution in [1.29, 1.82) is 5.41 Å². The summed E-state index contributed by atoms with van der Waals surface area (Å²) in [5, 5.41) is 20.2.